The van der Waals surface area contributed by atoms with E-state index in [9.17, 15) is 10.1 Å². The molecular formula is C13H15ClN4O3. The molecule has 1 heterocycles. The maximum Gasteiger partial charge on any atom is 0.270 e. The largest absolute Gasteiger partial charge is 0.383 e. The molecular weight excluding hydrogens is 296 g/mol. The summed E-state index contributed by atoms with van der Waals surface area (Å²) in [6.45, 7) is 2.88. The number of hydrogen-bond acceptors (Lipinski definition) is 5. The summed E-state index contributed by atoms with van der Waals surface area (Å²) in [7, 11) is 1.60. The molecule has 0 radical (unpaired) electrons. The van der Waals surface area contributed by atoms with Gasteiger partial charge in [0, 0.05) is 31.4 Å². The highest BCUT2D eigenvalue weighted by atomic mass is 35.5. The van der Waals surface area contributed by atoms with Gasteiger partial charge in [0.2, 0.25) is 0 Å². The third-order valence-electron chi connectivity index (χ3n) is 3.14. The van der Waals surface area contributed by atoms with Gasteiger partial charge in [0.15, 0.2) is 5.82 Å². The lowest BCUT2D eigenvalue weighted by atomic mass is 10.1. The molecule has 0 aliphatic carbocycles. The number of methoxy groups -OCH3 is 1. The number of benzene rings is 1. The first-order valence-corrected chi connectivity index (χ1v) is 6.84. The Morgan fingerprint density at radius 2 is 2.19 bits per heavy atom. The van der Waals surface area contributed by atoms with Gasteiger partial charge in [-0.25, -0.2) is 0 Å². The first-order chi connectivity index (χ1) is 10.1. The molecule has 2 aromatic rings. The molecule has 0 amide bonds. The fraction of sp³-hybridized carbons (Fsp3) is 0.385. The van der Waals surface area contributed by atoms with Gasteiger partial charge in [0.25, 0.3) is 5.69 Å². The average molecular weight is 311 g/mol. The average Bonchev–Trinajstić information content (AvgIpc) is 2.87. The number of aryl methyl sites for hydroxylation is 1. The van der Waals surface area contributed by atoms with Crippen LogP contribution < -0.4 is 0 Å². The molecule has 0 aliphatic rings. The van der Waals surface area contributed by atoms with Gasteiger partial charge in [-0.2, -0.15) is 0 Å². The molecule has 0 unspecified atom stereocenters. The monoisotopic (exact) mass is 310 g/mol. The van der Waals surface area contributed by atoms with E-state index in [0.717, 1.165) is 5.56 Å². The molecule has 0 saturated carbocycles. The van der Waals surface area contributed by atoms with E-state index in [0.29, 0.717) is 30.4 Å². The maximum atomic E-state index is 10.9. The maximum absolute atomic E-state index is 10.9. The molecule has 112 valence electrons. The molecule has 21 heavy (non-hydrogen) atoms. The summed E-state index contributed by atoms with van der Waals surface area (Å²) in [5, 5.41) is 19.1. The molecule has 7 nitrogen and oxygen atoms in total. The molecule has 0 bridgehead atoms. The molecule has 1 aromatic heterocycles. The van der Waals surface area contributed by atoms with Gasteiger partial charge >= 0.3 is 0 Å². The van der Waals surface area contributed by atoms with Gasteiger partial charge in [0.1, 0.15) is 5.82 Å². The minimum atomic E-state index is -0.429. The van der Waals surface area contributed by atoms with E-state index >= 15 is 0 Å². The van der Waals surface area contributed by atoms with Crippen LogP contribution in [0.1, 0.15) is 11.4 Å². The van der Waals surface area contributed by atoms with E-state index in [1.807, 2.05) is 11.5 Å². The van der Waals surface area contributed by atoms with Crippen molar-refractivity contribution >= 4 is 17.3 Å². The molecule has 0 fully saturated rings. The molecule has 0 spiro atoms. The number of nitro benzene ring substituents is 1. The normalized spacial score (nSPS) is 10.8. The zero-order valence-corrected chi connectivity index (χ0v) is 12.5. The molecule has 8 heteroatoms. The topological polar surface area (TPSA) is 83.1 Å². The summed E-state index contributed by atoms with van der Waals surface area (Å²) < 4.78 is 6.89. The van der Waals surface area contributed by atoms with Crippen molar-refractivity contribution in [3.8, 4) is 11.4 Å². The zero-order valence-electron chi connectivity index (χ0n) is 11.7. The van der Waals surface area contributed by atoms with Crippen LogP contribution in [0.25, 0.3) is 11.4 Å². The van der Waals surface area contributed by atoms with Crippen LogP contribution in [0, 0.1) is 17.0 Å². The van der Waals surface area contributed by atoms with E-state index in [2.05, 4.69) is 10.2 Å². The van der Waals surface area contributed by atoms with Crippen LogP contribution >= 0.6 is 11.6 Å². The number of nitro groups is 1. The van der Waals surface area contributed by atoms with Gasteiger partial charge in [-0.1, -0.05) is 6.07 Å². The highest BCUT2D eigenvalue weighted by Gasteiger charge is 2.17. The predicted molar refractivity (Wildman–Crippen MR) is 78.3 cm³/mol. The Hall–Kier alpha value is -1.99. The minimum absolute atomic E-state index is 0.0179. The van der Waals surface area contributed by atoms with Crippen molar-refractivity contribution in [3.05, 3.63) is 39.7 Å². The lowest BCUT2D eigenvalue weighted by molar-refractivity contribution is -0.384. The number of nitrogens with zero attached hydrogens (tertiary/aromatic N) is 4. The van der Waals surface area contributed by atoms with Crippen LogP contribution in [-0.4, -0.2) is 33.4 Å². The zero-order chi connectivity index (χ0) is 15.4. The summed E-state index contributed by atoms with van der Waals surface area (Å²) in [6.07, 6.45) is 0. The van der Waals surface area contributed by atoms with Crippen molar-refractivity contribution < 1.29 is 9.66 Å². The van der Waals surface area contributed by atoms with E-state index in [-0.39, 0.29) is 11.6 Å². The van der Waals surface area contributed by atoms with Gasteiger partial charge < -0.3 is 9.30 Å². The van der Waals surface area contributed by atoms with E-state index in [4.69, 9.17) is 16.3 Å². The van der Waals surface area contributed by atoms with Crippen LogP contribution in [0.2, 0.25) is 0 Å². The summed E-state index contributed by atoms with van der Waals surface area (Å²) in [6, 6.07) is 4.67. The van der Waals surface area contributed by atoms with Crippen molar-refractivity contribution in [2.24, 2.45) is 0 Å². The van der Waals surface area contributed by atoms with E-state index in [1.165, 1.54) is 12.1 Å². The van der Waals surface area contributed by atoms with Crippen LogP contribution in [0.4, 0.5) is 5.69 Å². The van der Waals surface area contributed by atoms with Gasteiger partial charge in [-0.15, -0.1) is 21.8 Å². The number of alkyl halides is 1. The molecule has 0 N–H and O–H groups in total. The van der Waals surface area contributed by atoms with Crippen molar-refractivity contribution in [2.45, 2.75) is 19.3 Å². The number of rotatable bonds is 6. The van der Waals surface area contributed by atoms with Crippen molar-refractivity contribution in [3.63, 3.8) is 0 Å². The Balaban J connectivity index is 2.53. The standard InChI is InChI=1S/C13H15ClN4O3/c1-9-3-4-10(18(19)20)7-11(9)13-16-15-12(8-14)17(13)5-6-21-2/h3-4,7H,5-6,8H2,1-2H3. The second-order valence-corrected chi connectivity index (χ2v) is 4.74. The summed E-state index contributed by atoms with van der Waals surface area (Å²) in [5.74, 6) is 1.38. The van der Waals surface area contributed by atoms with Crippen LogP contribution in [-0.2, 0) is 17.2 Å². The Bertz CT molecular complexity index is 657. The van der Waals surface area contributed by atoms with E-state index < -0.39 is 4.92 Å². The lowest BCUT2D eigenvalue weighted by Crippen LogP contribution is -2.09. The fourth-order valence-corrected chi connectivity index (χ4v) is 2.21. The van der Waals surface area contributed by atoms with Crippen LogP contribution in [0.3, 0.4) is 0 Å². The minimum Gasteiger partial charge on any atom is -0.383 e. The highest BCUT2D eigenvalue weighted by molar-refractivity contribution is 6.16. The SMILES string of the molecule is COCCn1c(CCl)nnc1-c1cc([N+](=O)[O-])ccc1C. The first-order valence-electron chi connectivity index (χ1n) is 6.31. The Labute approximate surface area is 126 Å². The molecule has 0 atom stereocenters. The second kappa shape index (κ2) is 6.64. The number of non-ortho nitro benzene ring substituents is 1. The second-order valence-electron chi connectivity index (χ2n) is 4.47. The molecule has 0 aliphatic heterocycles. The van der Waals surface area contributed by atoms with Gasteiger partial charge in [-0.05, 0) is 12.5 Å². The third kappa shape index (κ3) is 3.20. The molecule has 1 aromatic carbocycles. The summed E-state index contributed by atoms with van der Waals surface area (Å²) in [4.78, 5) is 10.5. The number of hydrogen-bond donors (Lipinski definition) is 0. The van der Waals surface area contributed by atoms with Crippen LogP contribution in [0.5, 0.6) is 0 Å². The Kier molecular flexibility index (Phi) is 4.87. The van der Waals surface area contributed by atoms with Gasteiger partial charge in [-0.3, -0.25) is 10.1 Å². The smallest absolute Gasteiger partial charge is 0.270 e. The Morgan fingerprint density at radius 1 is 1.43 bits per heavy atom. The quantitative estimate of drug-likeness (QED) is 0.465. The summed E-state index contributed by atoms with van der Waals surface area (Å²) in [5.41, 5.74) is 1.57. The number of aromatic nitrogens is 3. The predicted octanol–water partition coefficient (Wildman–Crippen LogP) is 2.55. The Morgan fingerprint density at radius 3 is 2.81 bits per heavy atom. The summed E-state index contributed by atoms with van der Waals surface area (Å²) >= 11 is 5.86. The fourth-order valence-electron chi connectivity index (χ4n) is 2.02. The highest BCUT2D eigenvalue weighted by Crippen LogP contribution is 2.27. The molecule has 0 saturated heterocycles. The first kappa shape index (κ1) is 15.4. The number of halogens is 1. The lowest BCUT2D eigenvalue weighted by Gasteiger charge is -2.10. The van der Waals surface area contributed by atoms with E-state index in [1.54, 1.807) is 13.2 Å². The van der Waals surface area contributed by atoms with Crippen molar-refractivity contribution in [2.75, 3.05) is 13.7 Å². The van der Waals surface area contributed by atoms with Crippen molar-refractivity contribution in [1.29, 1.82) is 0 Å². The third-order valence-corrected chi connectivity index (χ3v) is 3.38. The van der Waals surface area contributed by atoms with Crippen molar-refractivity contribution in [1.82, 2.24) is 14.8 Å². The molecule has 2 rings (SSSR count). The van der Waals surface area contributed by atoms with Crippen LogP contribution in [0.15, 0.2) is 18.2 Å². The van der Waals surface area contributed by atoms with Gasteiger partial charge in [0.05, 0.1) is 17.4 Å². The number of ether oxygens (including phenoxy) is 1.